The van der Waals surface area contributed by atoms with Crippen LogP contribution >= 0.6 is 22.7 Å². The van der Waals surface area contributed by atoms with Gasteiger partial charge in [-0.2, -0.15) is 4.99 Å². The highest BCUT2D eigenvalue weighted by molar-refractivity contribution is 7.10. The topological polar surface area (TPSA) is 34.4 Å². The van der Waals surface area contributed by atoms with Crippen LogP contribution in [0.4, 0.5) is 0 Å². The average molecular weight is 250 g/mol. The number of aryl methyl sites for hydroxylation is 1. The van der Waals surface area contributed by atoms with Crippen molar-refractivity contribution >= 4 is 34.7 Å². The molecule has 0 aromatic carbocycles. The monoisotopic (exact) mass is 250 g/mol. The maximum atomic E-state index is 11.5. The summed E-state index contributed by atoms with van der Waals surface area (Å²) in [6.45, 7) is 0. The number of carbonyl (C=O) groups is 1. The number of hydrogen-bond donors (Lipinski definition) is 0. The zero-order valence-electron chi connectivity index (χ0n) is 8.66. The lowest BCUT2D eigenvalue weighted by Crippen LogP contribution is -2.11. The van der Waals surface area contributed by atoms with Gasteiger partial charge in [0.2, 0.25) is 0 Å². The Hall–Kier alpha value is -1.46. The van der Waals surface area contributed by atoms with Crippen LogP contribution in [0.25, 0.3) is 6.08 Å². The second-order valence-electron chi connectivity index (χ2n) is 3.10. The molecule has 0 spiro atoms. The lowest BCUT2D eigenvalue weighted by atomic mass is 10.4. The molecule has 0 saturated heterocycles. The first kappa shape index (κ1) is 11.0. The molecule has 1 amide bonds. The van der Waals surface area contributed by atoms with Gasteiger partial charge in [-0.15, -0.1) is 22.7 Å². The van der Waals surface area contributed by atoms with Crippen molar-refractivity contribution in [1.82, 2.24) is 4.57 Å². The molecule has 0 aliphatic heterocycles. The van der Waals surface area contributed by atoms with Crippen molar-refractivity contribution in [3.05, 3.63) is 44.8 Å². The van der Waals surface area contributed by atoms with Gasteiger partial charge < -0.3 is 4.57 Å². The first-order chi connectivity index (χ1) is 7.75. The summed E-state index contributed by atoms with van der Waals surface area (Å²) in [6.07, 6.45) is 5.15. The van der Waals surface area contributed by atoms with Crippen molar-refractivity contribution in [1.29, 1.82) is 0 Å². The van der Waals surface area contributed by atoms with Gasteiger partial charge in [0.15, 0.2) is 4.80 Å². The van der Waals surface area contributed by atoms with Crippen LogP contribution in [0.2, 0.25) is 0 Å². The first-order valence-corrected chi connectivity index (χ1v) is 6.42. The molecule has 0 saturated carbocycles. The van der Waals surface area contributed by atoms with Crippen molar-refractivity contribution in [3.63, 3.8) is 0 Å². The minimum atomic E-state index is -0.230. The van der Waals surface area contributed by atoms with Gasteiger partial charge in [-0.05, 0) is 17.5 Å². The second kappa shape index (κ2) is 5.05. The smallest absolute Gasteiger partial charge is 0.272 e. The lowest BCUT2D eigenvalue weighted by Gasteiger charge is -1.87. The summed E-state index contributed by atoms with van der Waals surface area (Å²) < 4.78 is 1.82. The van der Waals surface area contributed by atoms with Crippen molar-refractivity contribution < 1.29 is 4.79 Å². The molecule has 3 nitrogen and oxygen atoms in total. The Balaban J connectivity index is 2.14. The van der Waals surface area contributed by atoms with E-state index in [2.05, 4.69) is 4.99 Å². The Morgan fingerprint density at radius 2 is 2.31 bits per heavy atom. The molecule has 5 heteroatoms. The Morgan fingerprint density at radius 3 is 2.94 bits per heavy atom. The van der Waals surface area contributed by atoms with Crippen molar-refractivity contribution in [2.24, 2.45) is 12.0 Å². The standard InChI is InChI=1S/C11H10N2OS2/c1-13-6-8-16-11(13)12-10(14)5-4-9-3-2-7-15-9/h2-8H,1H3. The molecule has 0 N–H and O–H groups in total. The zero-order chi connectivity index (χ0) is 11.4. The molecule has 16 heavy (non-hydrogen) atoms. The number of thiazole rings is 1. The summed E-state index contributed by atoms with van der Waals surface area (Å²) in [6, 6.07) is 3.91. The van der Waals surface area contributed by atoms with Crippen LogP contribution in [0, 0.1) is 0 Å². The highest BCUT2D eigenvalue weighted by Crippen LogP contribution is 2.09. The SMILES string of the molecule is Cn1ccsc1=NC(=O)C=Cc1cccs1. The fraction of sp³-hybridized carbons (Fsp3) is 0.0909. The number of amides is 1. The van der Waals surface area contributed by atoms with Gasteiger partial charge in [0.05, 0.1) is 0 Å². The van der Waals surface area contributed by atoms with E-state index in [0.717, 1.165) is 4.88 Å². The predicted molar refractivity (Wildman–Crippen MR) is 67.2 cm³/mol. The van der Waals surface area contributed by atoms with Crippen LogP contribution in [-0.4, -0.2) is 10.5 Å². The van der Waals surface area contributed by atoms with E-state index in [1.807, 2.05) is 40.7 Å². The van der Waals surface area contributed by atoms with E-state index in [1.54, 1.807) is 17.4 Å². The number of nitrogens with zero attached hydrogens (tertiary/aromatic N) is 2. The highest BCUT2D eigenvalue weighted by atomic mass is 32.1. The summed E-state index contributed by atoms with van der Waals surface area (Å²) in [5.41, 5.74) is 0. The van der Waals surface area contributed by atoms with E-state index in [9.17, 15) is 4.79 Å². The van der Waals surface area contributed by atoms with Crippen molar-refractivity contribution in [3.8, 4) is 0 Å². The van der Waals surface area contributed by atoms with Gasteiger partial charge in [-0.25, -0.2) is 0 Å². The molecule has 0 fully saturated rings. The number of rotatable bonds is 2. The van der Waals surface area contributed by atoms with E-state index in [0.29, 0.717) is 4.80 Å². The third-order valence-electron chi connectivity index (χ3n) is 1.90. The Labute approximate surface area is 101 Å². The van der Waals surface area contributed by atoms with Gasteiger partial charge in [0.25, 0.3) is 5.91 Å². The normalized spacial score (nSPS) is 12.4. The fourth-order valence-electron chi connectivity index (χ4n) is 1.11. The predicted octanol–water partition coefficient (Wildman–Crippen LogP) is 2.29. The molecule has 0 atom stereocenters. The van der Waals surface area contributed by atoms with E-state index < -0.39 is 0 Å². The summed E-state index contributed by atoms with van der Waals surface area (Å²) in [5.74, 6) is -0.230. The van der Waals surface area contributed by atoms with Crippen molar-refractivity contribution in [2.75, 3.05) is 0 Å². The first-order valence-electron chi connectivity index (χ1n) is 4.66. The molecular formula is C11H10N2OS2. The second-order valence-corrected chi connectivity index (χ2v) is 4.95. The third kappa shape index (κ3) is 2.77. The molecule has 0 radical (unpaired) electrons. The molecule has 0 aliphatic carbocycles. The van der Waals surface area contributed by atoms with Crippen LogP contribution in [-0.2, 0) is 11.8 Å². The highest BCUT2D eigenvalue weighted by Gasteiger charge is 1.94. The molecule has 2 rings (SSSR count). The van der Waals surface area contributed by atoms with Crippen LogP contribution in [0.15, 0.2) is 40.2 Å². The molecule has 0 unspecified atom stereocenters. The number of aromatic nitrogens is 1. The molecule has 2 heterocycles. The summed E-state index contributed by atoms with van der Waals surface area (Å²) in [5, 5.41) is 3.87. The molecule has 2 aromatic rings. The van der Waals surface area contributed by atoms with E-state index >= 15 is 0 Å². The Morgan fingerprint density at radius 1 is 1.44 bits per heavy atom. The maximum absolute atomic E-state index is 11.5. The summed E-state index contributed by atoms with van der Waals surface area (Å²) in [7, 11) is 1.87. The largest absolute Gasteiger partial charge is 0.327 e. The third-order valence-corrected chi connectivity index (χ3v) is 3.58. The van der Waals surface area contributed by atoms with Crippen LogP contribution in [0.5, 0.6) is 0 Å². The van der Waals surface area contributed by atoms with Gasteiger partial charge in [0, 0.05) is 29.6 Å². The van der Waals surface area contributed by atoms with Crippen LogP contribution in [0.3, 0.4) is 0 Å². The maximum Gasteiger partial charge on any atom is 0.272 e. The Bertz CT molecular complexity index is 561. The van der Waals surface area contributed by atoms with Gasteiger partial charge in [-0.1, -0.05) is 6.07 Å². The molecule has 0 aliphatic rings. The average Bonchev–Trinajstić information content (AvgIpc) is 2.88. The van der Waals surface area contributed by atoms with E-state index in [4.69, 9.17) is 0 Å². The summed E-state index contributed by atoms with van der Waals surface area (Å²) in [4.78, 5) is 17.2. The number of hydrogen-bond acceptors (Lipinski definition) is 3. The lowest BCUT2D eigenvalue weighted by molar-refractivity contribution is -0.113. The van der Waals surface area contributed by atoms with Crippen LogP contribution < -0.4 is 4.80 Å². The minimum absolute atomic E-state index is 0.230. The molecule has 2 aromatic heterocycles. The van der Waals surface area contributed by atoms with Gasteiger partial charge >= 0.3 is 0 Å². The van der Waals surface area contributed by atoms with Crippen LogP contribution in [0.1, 0.15) is 4.88 Å². The fourth-order valence-corrected chi connectivity index (χ4v) is 2.46. The molecular weight excluding hydrogens is 240 g/mol. The molecule has 82 valence electrons. The van der Waals surface area contributed by atoms with Gasteiger partial charge in [-0.3, -0.25) is 4.79 Å². The quantitative estimate of drug-likeness (QED) is 0.753. The zero-order valence-corrected chi connectivity index (χ0v) is 10.3. The van der Waals surface area contributed by atoms with E-state index in [1.165, 1.54) is 17.4 Å². The van der Waals surface area contributed by atoms with Crippen molar-refractivity contribution in [2.45, 2.75) is 0 Å². The minimum Gasteiger partial charge on any atom is -0.327 e. The Kier molecular flexibility index (Phi) is 3.48. The summed E-state index contributed by atoms with van der Waals surface area (Å²) >= 11 is 3.04. The van der Waals surface area contributed by atoms with E-state index in [-0.39, 0.29) is 5.91 Å². The molecule has 0 bridgehead atoms. The number of carbonyl (C=O) groups excluding carboxylic acids is 1. The number of thiophene rings is 1. The van der Waals surface area contributed by atoms with Gasteiger partial charge in [0.1, 0.15) is 0 Å².